The quantitative estimate of drug-likeness (QED) is 0.594. The average molecular weight is 468 g/mol. The smallest absolute Gasteiger partial charge is 0.355 e. The van der Waals surface area contributed by atoms with Crippen LogP contribution in [0, 0.1) is 0 Å². The molecule has 1 N–H and O–H groups in total. The molecule has 2 heterocycles. The Morgan fingerprint density at radius 2 is 1.84 bits per heavy atom. The number of carbonyl (C=O) groups is 3. The van der Waals surface area contributed by atoms with Gasteiger partial charge in [-0.05, 0) is 37.5 Å². The van der Waals surface area contributed by atoms with Crippen LogP contribution in [0.25, 0.3) is 0 Å². The molecule has 0 radical (unpaired) electrons. The van der Waals surface area contributed by atoms with Gasteiger partial charge in [-0.25, -0.2) is 18.0 Å². The van der Waals surface area contributed by atoms with Crippen LogP contribution in [0.15, 0.2) is 40.4 Å². The number of esters is 2. The molecule has 2 aliphatic rings. The first-order valence-corrected chi connectivity index (χ1v) is 11.3. The van der Waals surface area contributed by atoms with Crippen molar-refractivity contribution < 1.29 is 42.1 Å². The second kappa shape index (κ2) is 9.67. The van der Waals surface area contributed by atoms with Crippen LogP contribution in [0.5, 0.6) is 0 Å². The normalized spacial score (nSPS) is 20.1. The molecule has 2 aliphatic heterocycles. The number of hydrogen-bond acceptors (Lipinski definition) is 9. The van der Waals surface area contributed by atoms with Crippen LogP contribution in [0.4, 0.5) is 5.69 Å². The Hall–Kier alpha value is -2.96. The van der Waals surface area contributed by atoms with E-state index in [1.807, 2.05) is 0 Å². The predicted octanol–water partition coefficient (Wildman–Crippen LogP) is 0.709. The number of sulfonamides is 1. The number of carboxylic acid groups (broad SMARTS) is 1. The number of carboxylic acids is 1. The Labute approximate surface area is 185 Å². The van der Waals surface area contributed by atoms with Gasteiger partial charge in [0, 0.05) is 12.2 Å². The van der Waals surface area contributed by atoms with Crippen LogP contribution in [-0.2, 0) is 38.6 Å². The zero-order valence-electron chi connectivity index (χ0n) is 17.6. The van der Waals surface area contributed by atoms with Crippen molar-refractivity contribution in [3.05, 3.63) is 35.5 Å². The van der Waals surface area contributed by atoms with E-state index >= 15 is 0 Å². The molecular formula is C20H24N2O9S. The third-order valence-corrected chi connectivity index (χ3v) is 7.21. The maximum atomic E-state index is 13.3. The lowest BCUT2D eigenvalue weighted by Crippen LogP contribution is -2.47. The SMILES string of the molecule is COC(=O)C1=C(C(=O)OC)N(c2cccc(S(=O)(=O)N3CCCCC3C(=O)O)c2)COC1. The van der Waals surface area contributed by atoms with Crippen molar-refractivity contribution in [3.63, 3.8) is 0 Å². The number of piperidine rings is 1. The van der Waals surface area contributed by atoms with Crippen molar-refractivity contribution in [3.8, 4) is 0 Å². The first-order chi connectivity index (χ1) is 15.2. The molecule has 174 valence electrons. The van der Waals surface area contributed by atoms with Gasteiger partial charge in [-0.15, -0.1) is 0 Å². The lowest BCUT2D eigenvalue weighted by molar-refractivity contribution is -0.142. The van der Waals surface area contributed by atoms with Crippen molar-refractivity contribution >= 4 is 33.6 Å². The second-order valence-corrected chi connectivity index (χ2v) is 9.07. The van der Waals surface area contributed by atoms with Crippen LogP contribution in [-0.4, -0.2) is 75.9 Å². The van der Waals surface area contributed by atoms with Crippen LogP contribution in [0.3, 0.4) is 0 Å². The Morgan fingerprint density at radius 1 is 1.12 bits per heavy atom. The number of benzene rings is 1. The Bertz CT molecular complexity index is 1050. The van der Waals surface area contributed by atoms with Crippen molar-refractivity contribution in [2.45, 2.75) is 30.2 Å². The lowest BCUT2D eigenvalue weighted by Gasteiger charge is -2.33. The Balaban J connectivity index is 2.05. The van der Waals surface area contributed by atoms with E-state index in [0.29, 0.717) is 12.8 Å². The molecule has 1 saturated heterocycles. The van der Waals surface area contributed by atoms with E-state index in [4.69, 9.17) is 14.2 Å². The zero-order valence-corrected chi connectivity index (χ0v) is 18.5. The summed E-state index contributed by atoms with van der Waals surface area (Å²) in [6.07, 6.45) is 1.41. The van der Waals surface area contributed by atoms with Crippen LogP contribution >= 0.6 is 0 Å². The second-order valence-electron chi connectivity index (χ2n) is 7.18. The number of methoxy groups -OCH3 is 2. The van der Waals surface area contributed by atoms with E-state index in [2.05, 4.69) is 0 Å². The van der Waals surface area contributed by atoms with Gasteiger partial charge in [-0.3, -0.25) is 4.79 Å². The van der Waals surface area contributed by atoms with Crippen molar-refractivity contribution in [1.82, 2.24) is 4.31 Å². The van der Waals surface area contributed by atoms with Gasteiger partial charge in [0.15, 0.2) is 0 Å². The standard InChI is InChI=1S/C20H24N2O9S/c1-29-19(25)15-11-31-12-21(17(15)20(26)30-2)13-6-5-7-14(10-13)32(27,28)22-9-4-3-8-16(22)18(23)24/h5-7,10,16H,3-4,8-9,11-12H2,1-2H3,(H,23,24). The first kappa shape index (κ1) is 23.7. The monoisotopic (exact) mass is 468 g/mol. The summed E-state index contributed by atoms with van der Waals surface area (Å²) in [7, 11) is -1.82. The van der Waals surface area contributed by atoms with Crippen LogP contribution in [0.2, 0.25) is 0 Å². The van der Waals surface area contributed by atoms with Gasteiger partial charge in [0.2, 0.25) is 10.0 Å². The molecular weight excluding hydrogens is 444 g/mol. The molecule has 32 heavy (non-hydrogen) atoms. The molecule has 1 aromatic rings. The molecule has 0 bridgehead atoms. The third kappa shape index (κ3) is 4.47. The fourth-order valence-electron chi connectivity index (χ4n) is 3.73. The number of rotatable bonds is 6. The number of carbonyl (C=O) groups excluding carboxylic acids is 2. The van der Waals surface area contributed by atoms with Crippen LogP contribution < -0.4 is 4.90 Å². The summed E-state index contributed by atoms with van der Waals surface area (Å²) in [4.78, 5) is 37.4. The molecule has 0 saturated carbocycles. The van der Waals surface area contributed by atoms with Crippen molar-refractivity contribution in [1.29, 1.82) is 0 Å². The van der Waals surface area contributed by atoms with E-state index in [-0.39, 0.29) is 48.2 Å². The summed E-state index contributed by atoms with van der Waals surface area (Å²) in [5.74, 6) is -2.80. The fourth-order valence-corrected chi connectivity index (χ4v) is 5.43. The molecule has 0 amide bonds. The van der Waals surface area contributed by atoms with Gasteiger partial charge in [0.05, 0.1) is 31.3 Å². The topological polar surface area (TPSA) is 140 Å². The molecule has 0 spiro atoms. The molecule has 1 unspecified atom stereocenters. The van der Waals surface area contributed by atoms with Gasteiger partial charge >= 0.3 is 17.9 Å². The largest absolute Gasteiger partial charge is 0.480 e. The highest BCUT2D eigenvalue weighted by atomic mass is 32.2. The summed E-state index contributed by atoms with van der Waals surface area (Å²) in [6, 6.07) is 4.50. The maximum absolute atomic E-state index is 13.3. The molecule has 11 nitrogen and oxygen atoms in total. The van der Waals surface area contributed by atoms with Gasteiger partial charge in [0.1, 0.15) is 18.5 Å². The minimum atomic E-state index is -4.13. The predicted molar refractivity (Wildman–Crippen MR) is 110 cm³/mol. The van der Waals surface area contributed by atoms with E-state index in [1.165, 1.54) is 29.2 Å². The van der Waals surface area contributed by atoms with E-state index < -0.39 is 34.0 Å². The Morgan fingerprint density at radius 3 is 2.50 bits per heavy atom. The highest BCUT2D eigenvalue weighted by Crippen LogP contribution is 2.31. The Kier molecular flexibility index (Phi) is 7.16. The molecule has 1 atom stereocenters. The van der Waals surface area contributed by atoms with E-state index in [9.17, 15) is 27.9 Å². The van der Waals surface area contributed by atoms with Gasteiger partial charge in [0.25, 0.3) is 0 Å². The van der Waals surface area contributed by atoms with Gasteiger partial charge in [-0.1, -0.05) is 6.07 Å². The van der Waals surface area contributed by atoms with Crippen LogP contribution in [0.1, 0.15) is 19.3 Å². The molecule has 3 rings (SSSR count). The van der Waals surface area contributed by atoms with E-state index in [0.717, 1.165) is 18.5 Å². The minimum absolute atomic E-state index is 0.0687. The molecule has 1 aromatic carbocycles. The minimum Gasteiger partial charge on any atom is -0.480 e. The lowest BCUT2D eigenvalue weighted by atomic mass is 10.1. The number of ether oxygens (including phenoxy) is 3. The maximum Gasteiger partial charge on any atom is 0.355 e. The first-order valence-electron chi connectivity index (χ1n) is 9.82. The highest BCUT2D eigenvalue weighted by molar-refractivity contribution is 7.89. The summed E-state index contributed by atoms with van der Waals surface area (Å²) in [6.45, 7) is -0.230. The highest BCUT2D eigenvalue weighted by Gasteiger charge is 2.38. The fraction of sp³-hybridized carbons (Fsp3) is 0.450. The van der Waals surface area contributed by atoms with E-state index in [1.54, 1.807) is 0 Å². The summed E-state index contributed by atoms with van der Waals surface area (Å²) >= 11 is 0. The van der Waals surface area contributed by atoms with Crippen molar-refractivity contribution in [2.24, 2.45) is 0 Å². The number of anilines is 1. The van der Waals surface area contributed by atoms with Gasteiger partial charge < -0.3 is 24.2 Å². The molecule has 1 fully saturated rings. The number of hydrogen-bond donors (Lipinski definition) is 1. The third-order valence-electron chi connectivity index (χ3n) is 5.31. The van der Waals surface area contributed by atoms with Gasteiger partial charge in [-0.2, -0.15) is 4.31 Å². The molecule has 0 aromatic heterocycles. The summed E-state index contributed by atoms with van der Waals surface area (Å²) < 4.78 is 42.4. The van der Waals surface area contributed by atoms with Crippen molar-refractivity contribution in [2.75, 3.05) is 39.0 Å². The number of nitrogens with zero attached hydrogens (tertiary/aromatic N) is 2. The molecule has 0 aliphatic carbocycles. The summed E-state index contributed by atoms with van der Waals surface area (Å²) in [5.41, 5.74) is 0.0545. The molecule has 12 heteroatoms. The zero-order chi connectivity index (χ0) is 23.5. The summed E-state index contributed by atoms with van der Waals surface area (Å²) in [5, 5.41) is 9.47. The average Bonchev–Trinajstić information content (AvgIpc) is 2.82. The number of aliphatic carboxylic acids is 1.